The third kappa shape index (κ3) is 1.17. The Morgan fingerprint density at radius 3 is 2.25 bits per heavy atom. The molecule has 0 bridgehead atoms. The summed E-state index contributed by atoms with van der Waals surface area (Å²) in [7, 11) is 0. The van der Waals surface area contributed by atoms with E-state index in [9.17, 15) is 0 Å². The fraction of sp³-hybridized carbons (Fsp3) is 1.00. The molecule has 0 saturated carbocycles. The standard InChI is InChI=1S/C6H12OS/c1-4-3-6(8)5(2)7-4/h4-6,8H,3H2,1-2H3/t4-,5+,6-/m0/s1. The van der Waals surface area contributed by atoms with E-state index in [2.05, 4.69) is 26.5 Å². The van der Waals surface area contributed by atoms with Gasteiger partial charge in [0.25, 0.3) is 0 Å². The largest absolute Gasteiger partial charge is 0.374 e. The molecule has 0 aliphatic carbocycles. The molecule has 1 heterocycles. The summed E-state index contributed by atoms with van der Waals surface area (Å²) in [6, 6.07) is 0. The maximum atomic E-state index is 5.40. The van der Waals surface area contributed by atoms with Crippen molar-refractivity contribution in [3.8, 4) is 0 Å². The van der Waals surface area contributed by atoms with Crippen LogP contribution >= 0.6 is 12.6 Å². The molecule has 1 rings (SSSR count). The summed E-state index contributed by atoms with van der Waals surface area (Å²) in [5.74, 6) is 0. The molecular weight excluding hydrogens is 120 g/mol. The maximum Gasteiger partial charge on any atom is 0.0667 e. The Morgan fingerprint density at radius 1 is 1.50 bits per heavy atom. The molecule has 0 amide bonds. The molecule has 1 saturated heterocycles. The first-order chi connectivity index (χ1) is 3.70. The van der Waals surface area contributed by atoms with E-state index in [1.807, 2.05) is 0 Å². The van der Waals surface area contributed by atoms with Crippen molar-refractivity contribution in [2.75, 3.05) is 0 Å². The van der Waals surface area contributed by atoms with Crippen LogP contribution in [-0.2, 0) is 4.74 Å². The van der Waals surface area contributed by atoms with Gasteiger partial charge in [0.15, 0.2) is 0 Å². The van der Waals surface area contributed by atoms with Gasteiger partial charge in [-0.15, -0.1) is 0 Å². The molecule has 0 aromatic heterocycles. The smallest absolute Gasteiger partial charge is 0.0667 e. The zero-order valence-corrected chi connectivity index (χ0v) is 6.19. The Labute approximate surface area is 55.8 Å². The zero-order valence-electron chi connectivity index (χ0n) is 5.29. The van der Waals surface area contributed by atoms with Gasteiger partial charge in [-0.25, -0.2) is 0 Å². The molecule has 1 nitrogen and oxygen atoms in total. The minimum Gasteiger partial charge on any atom is -0.374 e. The van der Waals surface area contributed by atoms with Crippen LogP contribution in [0.5, 0.6) is 0 Å². The van der Waals surface area contributed by atoms with E-state index in [1.165, 1.54) is 0 Å². The van der Waals surface area contributed by atoms with Crippen LogP contribution in [0.25, 0.3) is 0 Å². The number of rotatable bonds is 0. The molecule has 0 aromatic rings. The Hall–Kier alpha value is 0.310. The highest BCUT2D eigenvalue weighted by atomic mass is 32.1. The molecule has 8 heavy (non-hydrogen) atoms. The molecular formula is C6H12OS. The number of thiol groups is 1. The van der Waals surface area contributed by atoms with E-state index in [0.717, 1.165) is 6.42 Å². The summed E-state index contributed by atoms with van der Waals surface area (Å²) >= 11 is 4.32. The van der Waals surface area contributed by atoms with Crippen LogP contribution in [0.15, 0.2) is 0 Å². The first kappa shape index (κ1) is 6.43. The van der Waals surface area contributed by atoms with Gasteiger partial charge in [0.05, 0.1) is 12.2 Å². The SMILES string of the molecule is C[C@H]1C[C@H](S)[C@@H](C)O1. The molecule has 0 unspecified atom stereocenters. The van der Waals surface area contributed by atoms with Crippen molar-refractivity contribution in [2.24, 2.45) is 0 Å². The molecule has 0 aromatic carbocycles. The van der Waals surface area contributed by atoms with Gasteiger partial charge >= 0.3 is 0 Å². The second-order valence-corrected chi connectivity index (χ2v) is 3.12. The molecule has 3 atom stereocenters. The van der Waals surface area contributed by atoms with E-state index in [4.69, 9.17) is 4.74 Å². The Bertz CT molecular complexity index is 74.6. The van der Waals surface area contributed by atoms with E-state index in [-0.39, 0.29) is 0 Å². The highest BCUT2D eigenvalue weighted by molar-refractivity contribution is 7.81. The van der Waals surface area contributed by atoms with Gasteiger partial charge in [-0.1, -0.05) is 0 Å². The monoisotopic (exact) mass is 132 g/mol. The van der Waals surface area contributed by atoms with Gasteiger partial charge in [-0.05, 0) is 20.3 Å². The third-order valence-corrected chi connectivity index (χ3v) is 2.19. The van der Waals surface area contributed by atoms with Gasteiger partial charge < -0.3 is 4.74 Å². The van der Waals surface area contributed by atoms with Gasteiger partial charge in [-0.2, -0.15) is 12.6 Å². The number of ether oxygens (including phenoxy) is 1. The maximum absolute atomic E-state index is 5.40. The Morgan fingerprint density at radius 2 is 2.12 bits per heavy atom. The van der Waals surface area contributed by atoms with E-state index in [1.54, 1.807) is 0 Å². The lowest BCUT2D eigenvalue weighted by atomic mass is 10.2. The summed E-state index contributed by atoms with van der Waals surface area (Å²) in [6.07, 6.45) is 1.88. The average molecular weight is 132 g/mol. The van der Waals surface area contributed by atoms with Crippen molar-refractivity contribution in [1.82, 2.24) is 0 Å². The highest BCUT2D eigenvalue weighted by Crippen LogP contribution is 2.23. The molecule has 1 fully saturated rings. The van der Waals surface area contributed by atoms with Gasteiger partial charge in [-0.3, -0.25) is 0 Å². The fourth-order valence-corrected chi connectivity index (χ4v) is 1.41. The van der Waals surface area contributed by atoms with Crippen molar-refractivity contribution in [3.63, 3.8) is 0 Å². The van der Waals surface area contributed by atoms with Crippen molar-refractivity contribution >= 4 is 12.6 Å². The lowest BCUT2D eigenvalue weighted by Gasteiger charge is -2.04. The predicted molar refractivity (Wildman–Crippen MR) is 37.4 cm³/mol. The molecule has 1 aliphatic rings. The summed E-state index contributed by atoms with van der Waals surface area (Å²) < 4.78 is 5.40. The first-order valence-corrected chi connectivity index (χ1v) is 3.55. The predicted octanol–water partition coefficient (Wildman–Crippen LogP) is 1.48. The van der Waals surface area contributed by atoms with Gasteiger partial charge in [0, 0.05) is 5.25 Å². The van der Waals surface area contributed by atoms with Crippen LogP contribution in [0.3, 0.4) is 0 Å². The third-order valence-electron chi connectivity index (χ3n) is 1.56. The quantitative estimate of drug-likeness (QED) is 0.491. The zero-order chi connectivity index (χ0) is 6.15. The van der Waals surface area contributed by atoms with E-state index in [0.29, 0.717) is 17.5 Å². The van der Waals surface area contributed by atoms with Crippen LogP contribution in [0.4, 0.5) is 0 Å². The molecule has 1 aliphatic heterocycles. The molecule has 0 radical (unpaired) electrons. The summed E-state index contributed by atoms with van der Waals surface area (Å²) in [5.41, 5.74) is 0. The van der Waals surface area contributed by atoms with Crippen molar-refractivity contribution in [3.05, 3.63) is 0 Å². The molecule has 48 valence electrons. The summed E-state index contributed by atoms with van der Waals surface area (Å²) in [5, 5.41) is 0.463. The topological polar surface area (TPSA) is 9.23 Å². The van der Waals surface area contributed by atoms with Crippen molar-refractivity contribution in [2.45, 2.75) is 37.7 Å². The number of hydrogen-bond donors (Lipinski definition) is 1. The first-order valence-electron chi connectivity index (χ1n) is 3.03. The van der Waals surface area contributed by atoms with E-state index >= 15 is 0 Å². The molecule has 0 N–H and O–H groups in total. The highest BCUT2D eigenvalue weighted by Gasteiger charge is 2.25. The average Bonchev–Trinajstić information content (AvgIpc) is 1.85. The van der Waals surface area contributed by atoms with Crippen LogP contribution in [-0.4, -0.2) is 17.5 Å². The Balaban J connectivity index is 2.39. The minimum atomic E-state index is 0.355. The van der Waals surface area contributed by atoms with Crippen LogP contribution in [0, 0.1) is 0 Å². The molecule has 2 heteroatoms. The second kappa shape index (κ2) is 2.28. The van der Waals surface area contributed by atoms with E-state index < -0.39 is 0 Å². The van der Waals surface area contributed by atoms with Gasteiger partial charge in [0.1, 0.15) is 0 Å². The lowest BCUT2D eigenvalue weighted by molar-refractivity contribution is 0.0684. The lowest BCUT2D eigenvalue weighted by Crippen LogP contribution is -2.09. The molecule has 0 spiro atoms. The number of hydrogen-bond acceptors (Lipinski definition) is 2. The minimum absolute atomic E-state index is 0.355. The van der Waals surface area contributed by atoms with Crippen LogP contribution < -0.4 is 0 Å². The summed E-state index contributed by atoms with van der Waals surface area (Å²) in [4.78, 5) is 0. The normalized spacial score (nSPS) is 47.6. The van der Waals surface area contributed by atoms with Crippen LogP contribution in [0.2, 0.25) is 0 Å². The fourth-order valence-electron chi connectivity index (χ4n) is 1.04. The second-order valence-electron chi connectivity index (χ2n) is 2.45. The van der Waals surface area contributed by atoms with Crippen LogP contribution in [0.1, 0.15) is 20.3 Å². The van der Waals surface area contributed by atoms with Gasteiger partial charge in [0.2, 0.25) is 0 Å². The van der Waals surface area contributed by atoms with Crippen molar-refractivity contribution < 1.29 is 4.74 Å². The van der Waals surface area contributed by atoms with Crippen molar-refractivity contribution in [1.29, 1.82) is 0 Å². The Kier molecular flexibility index (Phi) is 1.83. The summed E-state index contributed by atoms with van der Waals surface area (Å²) in [6.45, 7) is 4.16.